The first kappa shape index (κ1) is 23.3. The number of allylic oxidation sites excluding steroid dienone is 1. The Morgan fingerprint density at radius 3 is 2.57 bits per heavy atom. The van der Waals surface area contributed by atoms with Crippen LogP contribution in [0.2, 0.25) is 0 Å². The molecule has 35 heavy (non-hydrogen) atoms. The van der Waals surface area contributed by atoms with E-state index in [-0.39, 0.29) is 11.9 Å². The summed E-state index contributed by atoms with van der Waals surface area (Å²) in [5.74, 6) is 3.57. The fraction of sp³-hybridized carbons (Fsp3) is 0.677. The molecule has 3 saturated carbocycles. The van der Waals surface area contributed by atoms with E-state index >= 15 is 0 Å². The van der Waals surface area contributed by atoms with Gasteiger partial charge in [0.1, 0.15) is 0 Å². The molecule has 4 nitrogen and oxygen atoms in total. The van der Waals surface area contributed by atoms with Crippen molar-refractivity contribution in [1.29, 1.82) is 5.26 Å². The molecule has 0 N–H and O–H groups in total. The number of hydrogen-bond acceptors (Lipinski definition) is 3. The topological polar surface area (TPSA) is 47.3 Å². The van der Waals surface area contributed by atoms with E-state index < -0.39 is 0 Å². The molecule has 1 aromatic carbocycles. The van der Waals surface area contributed by atoms with Crippen LogP contribution in [-0.4, -0.2) is 48.4 Å². The molecule has 1 aliphatic heterocycles. The van der Waals surface area contributed by atoms with Crippen LogP contribution in [0.3, 0.4) is 0 Å². The zero-order valence-corrected chi connectivity index (χ0v) is 22.0. The maximum Gasteiger partial charge on any atom is 0.253 e. The van der Waals surface area contributed by atoms with Crippen molar-refractivity contribution in [3.8, 4) is 6.07 Å². The number of amides is 1. The van der Waals surface area contributed by atoms with Crippen molar-refractivity contribution < 1.29 is 4.79 Å². The van der Waals surface area contributed by atoms with Crippen molar-refractivity contribution in [2.45, 2.75) is 77.3 Å². The number of likely N-dealkylation sites (tertiary alicyclic amines) is 1. The highest BCUT2D eigenvalue weighted by atomic mass is 16.2. The molecule has 1 unspecified atom stereocenters. The van der Waals surface area contributed by atoms with Crippen LogP contribution >= 0.6 is 0 Å². The average molecular weight is 472 g/mol. The third kappa shape index (κ3) is 3.30. The van der Waals surface area contributed by atoms with Gasteiger partial charge in [0.2, 0.25) is 0 Å². The molecule has 1 spiro atoms. The molecule has 4 fully saturated rings. The first-order valence-electron chi connectivity index (χ1n) is 14.0. The Kier molecular flexibility index (Phi) is 5.46. The molecule has 0 aromatic heterocycles. The van der Waals surface area contributed by atoms with Gasteiger partial charge in [-0.3, -0.25) is 4.79 Å². The Morgan fingerprint density at radius 2 is 1.83 bits per heavy atom. The fourth-order valence-corrected chi connectivity index (χ4v) is 9.83. The van der Waals surface area contributed by atoms with Gasteiger partial charge >= 0.3 is 0 Å². The van der Waals surface area contributed by atoms with Crippen LogP contribution in [0.25, 0.3) is 0 Å². The van der Waals surface area contributed by atoms with Crippen molar-refractivity contribution >= 4 is 5.91 Å². The number of carbonyl (C=O) groups excluding carboxylic acids is 1. The summed E-state index contributed by atoms with van der Waals surface area (Å²) in [4.78, 5) is 17.8. The van der Waals surface area contributed by atoms with E-state index in [9.17, 15) is 4.79 Å². The Hall–Kier alpha value is -2.12. The summed E-state index contributed by atoms with van der Waals surface area (Å²) in [6, 6.07) is 10.2. The Bertz CT molecular complexity index is 1090. The second-order valence-electron chi connectivity index (χ2n) is 12.9. The molecule has 186 valence electrons. The highest BCUT2D eigenvalue weighted by Gasteiger charge is 2.64. The van der Waals surface area contributed by atoms with E-state index in [4.69, 9.17) is 5.26 Å². The minimum absolute atomic E-state index is 0.0773. The molecule has 0 radical (unpaired) electrons. The lowest BCUT2D eigenvalue weighted by atomic mass is 9.47. The molecule has 4 heteroatoms. The molecule has 1 heterocycles. The SMILES string of the molecule is C[C@H]1[C@H]2CC[C@H]3[C@@H]4CC=C5C[C@@H](N(C)C(=O)c6ccc(C#N)cc6)CC[C@]5(C)C4CC[C@]23CN1C. The number of nitrogens with zero attached hydrogens (tertiary/aromatic N) is 3. The van der Waals surface area contributed by atoms with E-state index in [1.165, 1.54) is 45.1 Å². The standard InChI is InChI=1S/C31H41N3O/c1-20-26-11-12-28-25-10-9-23-17-24(34(4)29(35)22-7-5-21(18-32)6-8-22)13-15-30(23,2)27(25)14-16-31(26,28)19-33(20)3/h5-9,20,24-28H,10-17,19H2,1-4H3/t20-,24-,25+,26+,27?,28-,30-,31-/m0/s1. The zero-order chi connectivity index (χ0) is 24.5. The first-order chi connectivity index (χ1) is 16.8. The first-order valence-corrected chi connectivity index (χ1v) is 14.0. The lowest BCUT2D eigenvalue weighted by molar-refractivity contribution is -0.0430. The monoisotopic (exact) mass is 471 g/mol. The second kappa shape index (κ2) is 8.20. The van der Waals surface area contributed by atoms with Gasteiger partial charge in [-0.1, -0.05) is 18.6 Å². The number of rotatable bonds is 2. The highest BCUT2D eigenvalue weighted by Crippen LogP contribution is 2.68. The van der Waals surface area contributed by atoms with Crippen LogP contribution in [0.1, 0.15) is 81.1 Å². The number of fused-ring (bicyclic) bond motifs is 4. The summed E-state index contributed by atoms with van der Waals surface area (Å²) in [6.45, 7) is 6.37. The lowest BCUT2D eigenvalue weighted by Crippen LogP contribution is -2.53. The Morgan fingerprint density at radius 1 is 1.09 bits per heavy atom. The largest absolute Gasteiger partial charge is 0.338 e. The maximum atomic E-state index is 13.2. The molecule has 6 rings (SSSR count). The van der Waals surface area contributed by atoms with Crippen LogP contribution in [-0.2, 0) is 0 Å². The quantitative estimate of drug-likeness (QED) is 0.505. The lowest BCUT2D eigenvalue weighted by Gasteiger charge is -2.58. The average Bonchev–Trinajstić information content (AvgIpc) is 3.36. The molecule has 4 aliphatic carbocycles. The van der Waals surface area contributed by atoms with Gasteiger partial charge in [0.25, 0.3) is 5.91 Å². The van der Waals surface area contributed by atoms with E-state index in [2.05, 4.69) is 37.9 Å². The second-order valence-corrected chi connectivity index (χ2v) is 12.9. The summed E-state index contributed by atoms with van der Waals surface area (Å²) < 4.78 is 0. The fourth-order valence-electron chi connectivity index (χ4n) is 9.83. The smallest absolute Gasteiger partial charge is 0.253 e. The highest BCUT2D eigenvalue weighted by molar-refractivity contribution is 5.94. The third-order valence-electron chi connectivity index (χ3n) is 11.8. The van der Waals surface area contributed by atoms with Crippen molar-refractivity contribution in [3.05, 3.63) is 47.0 Å². The molecule has 8 atom stereocenters. The molecular weight excluding hydrogens is 430 g/mol. The number of benzene rings is 1. The molecule has 1 aromatic rings. The summed E-state index contributed by atoms with van der Waals surface area (Å²) in [5.41, 5.74) is 3.81. The molecule has 0 bridgehead atoms. The van der Waals surface area contributed by atoms with Crippen molar-refractivity contribution in [2.75, 3.05) is 20.6 Å². The van der Waals surface area contributed by atoms with Gasteiger partial charge in [0.05, 0.1) is 11.6 Å². The number of nitriles is 1. The minimum Gasteiger partial charge on any atom is -0.338 e. The van der Waals surface area contributed by atoms with Gasteiger partial charge in [0, 0.05) is 31.2 Å². The van der Waals surface area contributed by atoms with Gasteiger partial charge in [-0.05, 0) is 124 Å². The maximum absolute atomic E-state index is 13.2. The molecular formula is C31H41N3O. The van der Waals surface area contributed by atoms with Crippen LogP contribution in [0.4, 0.5) is 0 Å². The van der Waals surface area contributed by atoms with Crippen LogP contribution in [0, 0.1) is 45.8 Å². The minimum atomic E-state index is 0.0773. The summed E-state index contributed by atoms with van der Waals surface area (Å²) in [7, 11) is 4.33. The predicted octanol–water partition coefficient (Wildman–Crippen LogP) is 5.89. The molecule has 5 aliphatic rings. The van der Waals surface area contributed by atoms with Gasteiger partial charge in [-0.25, -0.2) is 0 Å². The van der Waals surface area contributed by atoms with Gasteiger partial charge in [0.15, 0.2) is 0 Å². The van der Waals surface area contributed by atoms with E-state index in [0.717, 1.165) is 42.6 Å². The Labute approximate surface area is 211 Å². The summed E-state index contributed by atoms with van der Waals surface area (Å²) >= 11 is 0. The van der Waals surface area contributed by atoms with Crippen LogP contribution in [0.15, 0.2) is 35.9 Å². The van der Waals surface area contributed by atoms with Gasteiger partial charge in [-0.15, -0.1) is 0 Å². The molecule has 1 saturated heterocycles. The Balaban J connectivity index is 1.20. The van der Waals surface area contributed by atoms with Crippen LogP contribution in [0.5, 0.6) is 0 Å². The normalized spacial score (nSPS) is 42.2. The number of hydrogen-bond donors (Lipinski definition) is 0. The predicted molar refractivity (Wildman–Crippen MR) is 139 cm³/mol. The van der Waals surface area contributed by atoms with Crippen molar-refractivity contribution in [3.63, 3.8) is 0 Å². The summed E-state index contributed by atoms with van der Waals surface area (Å²) in [6.07, 6.45) is 12.9. The molecule has 1 amide bonds. The van der Waals surface area contributed by atoms with Crippen molar-refractivity contribution in [2.24, 2.45) is 34.5 Å². The summed E-state index contributed by atoms with van der Waals surface area (Å²) in [5, 5.41) is 9.06. The number of carbonyl (C=O) groups is 1. The van der Waals surface area contributed by atoms with E-state index in [1.54, 1.807) is 29.8 Å². The van der Waals surface area contributed by atoms with Gasteiger partial charge in [-0.2, -0.15) is 5.26 Å². The third-order valence-corrected chi connectivity index (χ3v) is 11.8. The van der Waals surface area contributed by atoms with E-state index in [0.29, 0.717) is 22.0 Å². The van der Waals surface area contributed by atoms with E-state index in [1.807, 2.05) is 11.9 Å². The zero-order valence-electron chi connectivity index (χ0n) is 22.0. The van der Waals surface area contributed by atoms with Crippen molar-refractivity contribution in [1.82, 2.24) is 9.80 Å². The van der Waals surface area contributed by atoms with Crippen LogP contribution < -0.4 is 0 Å². The van der Waals surface area contributed by atoms with Gasteiger partial charge < -0.3 is 9.80 Å².